The Balaban J connectivity index is 2.13. The van der Waals surface area contributed by atoms with Crippen molar-refractivity contribution in [3.63, 3.8) is 0 Å². The molecule has 0 saturated heterocycles. The van der Waals surface area contributed by atoms with Gasteiger partial charge in [-0.2, -0.15) is 0 Å². The zero-order valence-corrected chi connectivity index (χ0v) is 7.87. The minimum Gasteiger partial charge on any atom is -0.396 e. The average Bonchev–Trinajstić information content (AvgIpc) is 1.88. The summed E-state index contributed by atoms with van der Waals surface area (Å²) in [6.45, 7) is 0. The molecule has 0 spiro atoms. The molecule has 1 fully saturated rings. The molecule has 1 aliphatic carbocycles. The van der Waals surface area contributed by atoms with Gasteiger partial charge in [-0.3, -0.25) is 0 Å². The van der Waals surface area contributed by atoms with Crippen LogP contribution < -0.4 is 27.9 Å². The van der Waals surface area contributed by atoms with E-state index in [2.05, 4.69) is 0 Å². The number of halogens is 1. The van der Waals surface area contributed by atoms with Gasteiger partial charge < -0.3 is 6.87 Å². The monoisotopic (exact) mass is 258 g/mol. The zero-order valence-electron chi connectivity index (χ0n) is 5.72. The number of hydrogen-bond donors (Lipinski definition) is 0. The topological polar surface area (TPSA) is 55.3 Å². The summed E-state index contributed by atoms with van der Waals surface area (Å²) in [6.07, 6.45) is 5.35. The van der Waals surface area contributed by atoms with Gasteiger partial charge in [0.05, 0.1) is 0 Å². The molecule has 0 bridgehead atoms. The smallest absolute Gasteiger partial charge is 0.396 e. The van der Waals surface area contributed by atoms with Gasteiger partial charge >= 0.3 is 21.1 Å². The van der Waals surface area contributed by atoms with E-state index in [1.165, 1.54) is 6.42 Å². The van der Waals surface area contributed by atoms with E-state index in [1.807, 2.05) is 0 Å². The van der Waals surface area contributed by atoms with Crippen molar-refractivity contribution in [2.24, 2.45) is 0 Å². The molecule has 1 saturated carbocycles. The molecule has 1 aliphatic rings. The minimum atomic E-state index is -3.39. The largest absolute Gasteiger partial charge is 0.506 e. The number of hydrogen-bond acceptors (Lipinski definition) is 3. The van der Waals surface area contributed by atoms with Crippen LogP contribution in [0.1, 0.15) is 32.1 Å². The first-order chi connectivity index (χ1) is 4.79. The Bertz CT molecular complexity index is 91.0. The second-order valence-corrected chi connectivity index (χ2v) is 4.13. The van der Waals surface area contributed by atoms with Gasteiger partial charge in [-0.1, -0.05) is 19.3 Å². The first-order valence-corrected chi connectivity index (χ1v) is 6.16. The highest BCUT2D eigenvalue weighted by atomic mass is 127. The standard InChI is InChI=1S/C6H11IO3/c8-7(9)10-6-4-2-1-3-5-6/h6H,1-5H2. The summed E-state index contributed by atoms with van der Waals surface area (Å²) in [5.74, 6) is 0. The SMILES string of the molecule is [O-][I+2]([O-])OC1CCCCC1. The van der Waals surface area contributed by atoms with Crippen molar-refractivity contribution in [1.29, 1.82) is 0 Å². The van der Waals surface area contributed by atoms with E-state index >= 15 is 0 Å². The van der Waals surface area contributed by atoms with Gasteiger partial charge in [0.25, 0.3) is 0 Å². The molecule has 4 heteroatoms. The third kappa shape index (κ3) is 3.14. The summed E-state index contributed by atoms with van der Waals surface area (Å²) in [4.78, 5) is 0. The Hall–Kier alpha value is 0.610. The van der Waals surface area contributed by atoms with Crippen LogP contribution in [-0.4, -0.2) is 6.10 Å². The van der Waals surface area contributed by atoms with Crippen molar-refractivity contribution in [3.05, 3.63) is 0 Å². The zero-order chi connectivity index (χ0) is 7.40. The summed E-state index contributed by atoms with van der Waals surface area (Å²) in [6, 6.07) is 0. The summed E-state index contributed by atoms with van der Waals surface area (Å²) in [5.41, 5.74) is 0. The van der Waals surface area contributed by atoms with E-state index in [1.54, 1.807) is 0 Å². The Kier molecular flexibility index (Phi) is 3.90. The highest BCUT2D eigenvalue weighted by Gasteiger charge is 2.25. The molecule has 0 radical (unpaired) electrons. The third-order valence-corrected chi connectivity index (χ3v) is 2.89. The Morgan fingerprint density at radius 3 is 2.20 bits per heavy atom. The van der Waals surface area contributed by atoms with Crippen LogP contribution in [0.2, 0.25) is 0 Å². The van der Waals surface area contributed by atoms with Gasteiger partial charge in [-0.25, -0.2) is 0 Å². The molecule has 0 N–H and O–H groups in total. The van der Waals surface area contributed by atoms with Crippen LogP contribution in [0.3, 0.4) is 0 Å². The van der Waals surface area contributed by atoms with Crippen LogP contribution in [0.5, 0.6) is 0 Å². The molecule has 0 heterocycles. The Morgan fingerprint density at radius 2 is 1.70 bits per heavy atom. The third-order valence-electron chi connectivity index (χ3n) is 1.75. The van der Waals surface area contributed by atoms with Crippen LogP contribution in [-0.2, 0) is 3.07 Å². The molecule has 0 unspecified atom stereocenters. The fourth-order valence-electron chi connectivity index (χ4n) is 1.26. The lowest BCUT2D eigenvalue weighted by Crippen LogP contribution is -3.99. The molecule has 1 rings (SSSR count). The van der Waals surface area contributed by atoms with Gasteiger partial charge in [0.2, 0.25) is 0 Å². The molecule has 0 aromatic carbocycles. The first kappa shape index (κ1) is 8.70. The molecule has 0 aromatic heterocycles. The molecule has 0 aromatic rings. The molecule has 0 atom stereocenters. The molecule has 3 nitrogen and oxygen atoms in total. The van der Waals surface area contributed by atoms with Crippen molar-refractivity contribution in [3.8, 4) is 0 Å². The maximum absolute atomic E-state index is 10.2. The van der Waals surface area contributed by atoms with Crippen molar-refractivity contribution in [1.82, 2.24) is 0 Å². The highest BCUT2D eigenvalue weighted by Crippen LogP contribution is 2.17. The highest BCUT2D eigenvalue weighted by molar-refractivity contribution is 4.62. The minimum absolute atomic E-state index is 0.0222. The maximum atomic E-state index is 10.2. The van der Waals surface area contributed by atoms with E-state index < -0.39 is 21.1 Å². The predicted octanol–water partition coefficient (Wildman–Crippen LogP) is -3.57. The Morgan fingerprint density at radius 1 is 1.10 bits per heavy atom. The van der Waals surface area contributed by atoms with Crippen molar-refractivity contribution < 1.29 is 31.0 Å². The van der Waals surface area contributed by atoms with Gasteiger partial charge in [-0.15, -0.1) is 0 Å². The molecular weight excluding hydrogens is 247 g/mol. The lowest BCUT2D eigenvalue weighted by molar-refractivity contribution is -1.63. The second kappa shape index (κ2) is 4.48. The summed E-state index contributed by atoms with van der Waals surface area (Å²) in [5, 5.41) is 0. The van der Waals surface area contributed by atoms with Crippen molar-refractivity contribution >= 4 is 0 Å². The Labute approximate surface area is 69.4 Å². The second-order valence-electron chi connectivity index (χ2n) is 2.54. The van der Waals surface area contributed by atoms with E-state index in [4.69, 9.17) is 3.07 Å². The molecule has 60 valence electrons. The molecule has 10 heavy (non-hydrogen) atoms. The molecule has 0 aliphatic heterocycles. The number of rotatable bonds is 2. The first-order valence-electron chi connectivity index (χ1n) is 3.52. The summed E-state index contributed by atoms with van der Waals surface area (Å²) in [7, 11) is 0. The van der Waals surface area contributed by atoms with E-state index in [0.29, 0.717) is 0 Å². The lowest BCUT2D eigenvalue weighted by atomic mass is 9.98. The van der Waals surface area contributed by atoms with Crippen molar-refractivity contribution in [2.75, 3.05) is 0 Å². The fourth-order valence-corrected chi connectivity index (χ4v) is 2.35. The summed E-state index contributed by atoms with van der Waals surface area (Å²) >= 11 is -3.39. The van der Waals surface area contributed by atoms with Crippen LogP contribution in [0.4, 0.5) is 0 Å². The average molecular weight is 258 g/mol. The molecule has 0 amide bonds. The maximum Gasteiger partial charge on any atom is 0.506 e. The summed E-state index contributed by atoms with van der Waals surface area (Å²) < 4.78 is 25.1. The fraction of sp³-hybridized carbons (Fsp3) is 1.00. The normalized spacial score (nSPS) is 21.9. The van der Waals surface area contributed by atoms with E-state index in [-0.39, 0.29) is 6.10 Å². The van der Waals surface area contributed by atoms with E-state index in [0.717, 1.165) is 25.7 Å². The quantitative estimate of drug-likeness (QED) is 0.481. The van der Waals surface area contributed by atoms with Crippen molar-refractivity contribution in [2.45, 2.75) is 38.2 Å². The van der Waals surface area contributed by atoms with Crippen LogP contribution in [0, 0.1) is 0 Å². The predicted molar refractivity (Wildman–Crippen MR) is 28.0 cm³/mol. The van der Waals surface area contributed by atoms with Crippen LogP contribution in [0.15, 0.2) is 0 Å². The molecular formula is C6H11IO3. The lowest BCUT2D eigenvalue weighted by Gasteiger charge is -2.14. The van der Waals surface area contributed by atoms with Crippen LogP contribution in [0.25, 0.3) is 0 Å². The van der Waals surface area contributed by atoms with Gasteiger partial charge in [0.15, 0.2) is 6.10 Å². The van der Waals surface area contributed by atoms with Gasteiger partial charge in [0.1, 0.15) is 0 Å². The van der Waals surface area contributed by atoms with Gasteiger partial charge in [-0.05, 0) is 15.9 Å². The van der Waals surface area contributed by atoms with Crippen LogP contribution >= 0.6 is 0 Å². The van der Waals surface area contributed by atoms with Gasteiger partial charge in [0, 0.05) is 0 Å². The van der Waals surface area contributed by atoms with E-state index in [9.17, 15) is 6.87 Å².